The van der Waals surface area contributed by atoms with Crippen molar-refractivity contribution < 1.29 is 0 Å². The number of benzene rings is 1. The van der Waals surface area contributed by atoms with Gasteiger partial charge >= 0.3 is 0 Å². The van der Waals surface area contributed by atoms with Crippen LogP contribution in [0.2, 0.25) is 0 Å². The van der Waals surface area contributed by atoms with Crippen molar-refractivity contribution in [2.75, 3.05) is 4.90 Å². The summed E-state index contributed by atoms with van der Waals surface area (Å²) in [7, 11) is 0. The first-order chi connectivity index (χ1) is 26.2. The molecule has 0 aromatic heterocycles. The van der Waals surface area contributed by atoms with Crippen molar-refractivity contribution in [1.82, 2.24) is 4.90 Å². The van der Waals surface area contributed by atoms with Gasteiger partial charge in [0.05, 0.1) is 0 Å². The van der Waals surface area contributed by atoms with Crippen LogP contribution in [-0.2, 0) is 5.41 Å². The second kappa shape index (κ2) is 14.4. The van der Waals surface area contributed by atoms with Gasteiger partial charge in [-0.25, -0.2) is 0 Å². The molecule has 2 aliphatic heterocycles. The molecule has 0 fully saturated rings. The van der Waals surface area contributed by atoms with E-state index >= 15 is 0 Å². The third-order valence-electron chi connectivity index (χ3n) is 15.6. The Hall–Kier alpha value is -3.78. The Morgan fingerprint density at radius 2 is 1.69 bits per heavy atom. The smallest absolute Gasteiger partial charge is 0.0476 e. The summed E-state index contributed by atoms with van der Waals surface area (Å²) in [6.45, 7) is 14.4. The van der Waals surface area contributed by atoms with Gasteiger partial charge < -0.3 is 9.80 Å². The molecule has 0 amide bonds. The van der Waals surface area contributed by atoms with Crippen molar-refractivity contribution >= 4 is 11.3 Å². The van der Waals surface area contributed by atoms with Crippen LogP contribution in [0.4, 0.5) is 5.69 Å². The second-order valence-corrected chi connectivity index (χ2v) is 18.6. The number of anilines is 1. The van der Waals surface area contributed by atoms with Crippen LogP contribution in [0.15, 0.2) is 131 Å². The highest BCUT2D eigenvalue weighted by molar-refractivity contribution is 5.80. The fraction of sp³-hybridized carbons (Fsp3) is 0.500. The molecule has 1 aromatic carbocycles. The number of hydrogen-bond donors (Lipinski definition) is 0. The Bertz CT molecular complexity index is 1960. The molecule has 2 heteroatoms. The zero-order valence-electron chi connectivity index (χ0n) is 34.0. The average Bonchev–Trinajstić information content (AvgIpc) is 3.64. The SMILES string of the molecule is CCC1=CN2C(C3C=CC=C([C@H]4C=C[C@@H](N(c5ccc6c(c5)C(C)(C)C(C)=C6C)[C@@H]5CC=C([C@H]6C=CC=CC6)CC5)CC4)C3)=C[C@H]3CC=CC[C@H]3C2[C@H]1C. The van der Waals surface area contributed by atoms with Gasteiger partial charge in [0, 0.05) is 53.0 Å². The lowest BCUT2D eigenvalue weighted by Crippen LogP contribution is -2.46. The van der Waals surface area contributed by atoms with Crippen LogP contribution >= 0.6 is 0 Å². The lowest BCUT2D eigenvalue weighted by atomic mass is 9.70. The van der Waals surface area contributed by atoms with Crippen molar-refractivity contribution in [3.63, 3.8) is 0 Å². The molecular weight excluding hydrogens is 653 g/mol. The Morgan fingerprint density at radius 3 is 2.44 bits per heavy atom. The average molecular weight is 717 g/mol. The fourth-order valence-electron chi connectivity index (χ4n) is 12.0. The van der Waals surface area contributed by atoms with E-state index in [9.17, 15) is 0 Å². The molecule has 0 saturated carbocycles. The molecule has 0 N–H and O–H groups in total. The van der Waals surface area contributed by atoms with E-state index in [1.807, 2.05) is 0 Å². The van der Waals surface area contributed by atoms with Crippen molar-refractivity contribution in [2.45, 2.75) is 129 Å². The van der Waals surface area contributed by atoms with Gasteiger partial charge in [-0.3, -0.25) is 0 Å². The maximum atomic E-state index is 2.86. The molecule has 0 saturated heterocycles. The first kappa shape index (κ1) is 35.9. The molecule has 2 nitrogen and oxygen atoms in total. The molecule has 9 rings (SSSR count). The van der Waals surface area contributed by atoms with E-state index in [4.69, 9.17) is 0 Å². The summed E-state index contributed by atoms with van der Waals surface area (Å²) in [4.78, 5) is 5.62. The molecule has 0 bridgehead atoms. The minimum Gasteiger partial charge on any atom is -0.362 e. The first-order valence-electron chi connectivity index (χ1n) is 21.8. The highest BCUT2D eigenvalue weighted by Gasteiger charge is 2.46. The predicted octanol–water partition coefficient (Wildman–Crippen LogP) is 13.1. The topological polar surface area (TPSA) is 6.48 Å². The molecule has 9 atom stereocenters. The van der Waals surface area contributed by atoms with Gasteiger partial charge in [-0.15, -0.1) is 0 Å². The van der Waals surface area contributed by atoms with E-state index in [2.05, 4.69) is 155 Å². The van der Waals surface area contributed by atoms with Crippen LogP contribution in [0.3, 0.4) is 0 Å². The third kappa shape index (κ3) is 6.15. The molecule has 8 aliphatic rings. The number of rotatable bonds is 7. The molecule has 2 unspecified atom stereocenters. The van der Waals surface area contributed by atoms with Crippen LogP contribution in [0.1, 0.15) is 117 Å². The van der Waals surface area contributed by atoms with Crippen LogP contribution in [0, 0.1) is 35.5 Å². The summed E-state index contributed by atoms with van der Waals surface area (Å²) < 4.78 is 0. The summed E-state index contributed by atoms with van der Waals surface area (Å²) in [5, 5.41) is 0. The van der Waals surface area contributed by atoms with E-state index in [-0.39, 0.29) is 5.41 Å². The molecular formula is C52H64N2. The highest BCUT2D eigenvalue weighted by atomic mass is 15.2. The van der Waals surface area contributed by atoms with Crippen LogP contribution in [0.25, 0.3) is 5.57 Å². The lowest BCUT2D eigenvalue weighted by molar-refractivity contribution is 0.144. The summed E-state index contributed by atoms with van der Waals surface area (Å²) in [5.74, 6) is 3.65. The van der Waals surface area contributed by atoms with E-state index in [1.54, 1.807) is 22.4 Å². The Morgan fingerprint density at radius 1 is 0.833 bits per heavy atom. The number of nitrogens with zero attached hydrogens (tertiary/aromatic N) is 2. The lowest BCUT2D eigenvalue weighted by Gasteiger charge is -2.47. The van der Waals surface area contributed by atoms with E-state index < -0.39 is 0 Å². The Kier molecular flexibility index (Phi) is 9.56. The normalized spacial score (nSPS) is 34.9. The largest absolute Gasteiger partial charge is 0.362 e. The van der Waals surface area contributed by atoms with Crippen LogP contribution < -0.4 is 4.90 Å². The number of fused-ring (bicyclic) bond motifs is 4. The maximum absolute atomic E-state index is 2.86. The van der Waals surface area contributed by atoms with Gasteiger partial charge in [-0.05, 0) is 136 Å². The monoisotopic (exact) mass is 717 g/mol. The Balaban J connectivity index is 0.965. The molecule has 282 valence electrons. The van der Waals surface area contributed by atoms with E-state index in [1.165, 1.54) is 72.9 Å². The summed E-state index contributed by atoms with van der Waals surface area (Å²) in [5.41, 5.74) is 14.0. The van der Waals surface area contributed by atoms with Crippen LogP contribution in [0.5, 0.6) is 0 Å². The van der Waals surface area contributed by atoms with Crippen LogP contribution in [-0.4, -0.2) is 23.0 Å². The van der Waals surface area contributed by atoms with Gasteiger partial charge in [-0.1, -0.05) is 129 Å². The van der Waals surface area contributed by atoms with Crippen molar-refractivity contribution in [3.8, 4) is 0 Å². The summed E-state index contributed by atoms with van der Waals surface area (Å²) >= 11 is 0. The van der Waals surface area contributed by atoms with Gasteiger partial charge in [0.15, 0.2) is 0 Å². The summed E-state index contributed by atoms with van der Waals surface area (Å²) in [6.07, 6.45) is 46.6. The minimum atomic E-state index is 0.0793. The van der Waals surface area contributed by atoms with Gasteiger partial charge in [0.25, 0.3) is 0 Å². The molecule has 2 heterocycles. The molecule has 0 spiro atoms. The molecule has 1 aromatic rings. The zero-order valence-corrected chi connectivity index (χ0v) is 34.0. The van der Waals surface area contributed by atoms with Crippen molar-refractivity contribution in [2.24, 2.45) is 35.5 Å². The van der Waals surface area contributed by atoms with Gasteiger partial charge in [0.1, 0.15) is 0 Å². The number of allylic oxidation sites excluding steroid dienone is 15. The van der Waals surface area contributed by atoms with Crippen molar-refractivity contribution in [3.05, 3.63) is 143 Å². The molecule has 0 radical (unpaired) electrons. The second-order valence-electron chi connectivity index (χ2n) is 18.6. The molecule has 6 aliphatic carbocycles. The van der Waals surface area contributed by atoms with Crippen molar-refractivity contribution in [1.29, 1.82) is 0 Å². The third-order valence-corrected chi connectivity index (χ3v) is 15.6. The fourth-order valence-corrected chi connectivity index (χ4v) is 12.0. The number of hydrogen-bond acceptors (Lipinski definition) is 2. The Labute approximate surface area is 327 Å². The van der Waals surface area contributed by atoms with Gasteiger partial charge in [0.2, 0.25) is 0 Å². The van der Waals surface area contributed by atoms with E-state index in [0.29, 0.717) is 47.7 Å². The standard InChI is InChI=1S/C52H64N2/c1-7-37-33-53-50(31-42-16-11-12-19-48(42)51(53)35(37)3)43-18-13-17-41(30-43)40-22-26-45(27-23-40)54(44-24-20-39(21-25-44)38-14-9-8-10-15-38)46-28-29-47-34(2)36(4)52(5,6)49(47)32-46/h8-14,17-18,20,22,26,28-29,31-33,35,38,40,42-45,48,51H,7,15-16,19,21,23-25,27,30H2,1-6H3/t35-,38-,40-,42+,43?,44+,45+,48+,51?/m0/s1. The van der Waals surface area contributed by atoms with Gasteiger partial charge in [-0.2, -0.15) is 0 Å². The minimum absolute atomic E-state index is 0.0793. The highest BCUT2D eigenvalue weighted by Crippen LogP contribution is 2.51. The summed E-state index contributed by atoms with van der Waals surface area (Å²) in [6, 6.07) is 9.05. The first-order valence-corrected chi connectivity index (χ1v) is 21.8. The van der Waals surface area contributed by atoms with E-state index in [0.717, 1.165) is 25.2 Å². The predicted molar refractivity (Wildman–Crippen MR) is 230 cm³/mol. The zero-order chi connectivity index (χ0) is 37.1. The molecule has 54 heavy (non-hydrogen) atoms. The quantitative estimate of drug-likeness (QED) is 0.259. The maximum Gasteiger partial charge on any atom is 0.0476 e.